The number of H-pyrrole nitrogens is 1. The van der Waals surface area contributed by atoms with E-state index in [1.165, 1.54) is 6.07 Å². The lowest BCUT2D eigenvalue weighted by Gasteiger charge is -2.35. The molecule has 3 heterocycles. The van der Waals surface area contributed by atoms with Crippen LogP contribution in [-0.2, 0) is 4.74 Å². The van der Waals surface area contributed by atoms with Gasteiger partial charge in [0.05, 0.1) is 24.9 Å². The van der Waals surface area contributed by atoms with E-state index >= 15 is 0 Å². The highest BCUT2D eigenvalue weighted by Gasteiger charge is 2.34. The van der Waals surface area contributed by atoms with Gasteiger partial charge in [-0.05, 0) is 38.1 Å². The average Bonchev–Trinajstić information content (AvgIpc) is 3.32. The van der Waals surface area contributed by atoms with Gasteiger partial charge in [-0.25, -0.2) is 9.07 Å². The third kappa shape index (κ3) is 3.30. The zero-order valence-corrected chi connectivity index (χ0v) is 16.1. The molecule has 1 aliphatic heterocycles. The normalized spacial score (nSPS) is 16.6. The van der Waals surface area contributed by atoms with E-state index in [0.29, 0.717) is 42.5 Å². The zero-order valence-electron chi connectivity index (χ0n) is 16.1. The summed E-state index contributed by atoms with van der Waals surface area (Å²) in [4.78, 5) is 17.7. The number of aryl methyl sites for hydroxylation is 1. The Morgan fingerprint density at radius 1 is 1.31 bits per heavy atom. The predicted molar refractivity (Wildman–Crippen MR) is 103 cm³/mol. The minimum absolute atomic E-state index is 0.211. The molecule has 1 unspecified atom stereocenters. The number of ether oxygens (including phenoxy) is 1. The second-order valence-corrected chi connectivity index (χ2v) is 6.93. The third-order valence-electron chi connectivity index (χ3n) is 5.19. The lowest BCUT2D eigenvalue weighted by atomic mass is 10.0. The Morgan fingerprint density at radius 2 is 2.10 bits per heavy atom. The first-order chi connectivity index (χ1) is 14.0. The van der Waals surface area contributed by atoms with Crippen LogP contribution < -0.4 is 0 Å². The molecule has 0 aliphatic carbocycles. The van der Waals surface area contributed by atoms with Crippen molar-refractivity contribution in [1.82, 2.24) is 19.7 Å². The maximum absolute atomic E-state index is 14.3. The number of nitrogens with zero attached hydrogens (tertiary/aromatic N) is 4. The Balaban J connectivity index is 1.73. The molecule has 1 aromatic carbocycles. The number of benzene rings is 1. The summed E-state index contributed by atoms with van der Waals surface area (Å²) in [7, 11) is 0. The van der Waals surface area contributed by atoms with Crippen molar-refractivity contribution in [3.05, 3.63) is 70.6 Å². The van der Waals surface area contributed by atoms with Gasteiger partial charge in [0.25, 0.3) is 5.91 Å². The predicted octanol–water partition coefficient (Wildman–Crippen LogP) is 3.04. The number of morpholine rings is 1. The third-order valence-corrected chi connectivity index (χ3v) is 5.19. The number of nitrogens with one attached hydrogen (secondary N) is 1. The molecule has 7 nitrogen and oxygen atoms in total. The number of halogens is 1. The van der Waals surface area contributed by atoms with Crippen molar-refractivity contribution in [2.24, 2.45) is 0 Å². The van der Waals surface area contributed by atoms with Crippen molar-refractivity contribution in [2.45, 2.75) is 19.9 Å². The molecule has 0 radical (unpaired) electrons. The second-order valence-electron chi connectivity index (χ2n) is 6.93. The van der Waals surface area contributed by atoms with Crippen LogP contribution in [0, 0.1) is 31.0 Å². The van der Waals surface area contributed by atoms with E-state index in [0.717, 1.165) is 11.3 Å². The van der Waals surface area contributed by atoms with Gasteiger partial charge in [0.15, 0.2) is 0 Å². The van der Waals surface area contributed by atoms with E-state index in [4.69, 9.17) is 10.00 Å². The number of aromatic nitrogens is 3. The quantitative estimate of drug-likeness (QED) is 0.741. The van der Waals surface area contributed by atoms with E-state index in [1.807, 2.05) is 19.9 Å². The molecule has 148 valence electrons. The number of carbonyl (C=O) groups excluding carboxylic acids is 1. The summed E-state index contributed by atoms with van der Waals surface area (Å²) in [6.07, 6.45) is 0. The number of carbonyl (C=O) groups is 1. The highest BCUT2D eigenvalue weighted by atomic mass is 19.1. The molecule has 3 aromatic rings. The average molecular weight is 393 g/mol. The molecule has 1 fully saturated rings. The molecule has 29 heavy (non-hydrogen) atoms. The second kappa shape index (κ2) is 7.53. The van der Waals surface area contributed by atoms with Crippen molar-refractivity contribution in [1.29, 1.82) is 5.26 Å². The number of hydrogen-bond donors (Lipinski definition) is 1. The van der Waals surface area contributed by atoms with Gasteiger partial charge in [0, 0.05) is 17.8 Å². The van der Waals surface area contributed by atoms with Gasteiger partial charge in [-0.2, -0.15) is 10.4 Å². The Hall–Kier alpha value is -3.44. The molecule has 0 saturated carbocycles. The minimum atomic E-state index is -0.368. The summed E-state index contributed by atoms with van der Waals surface area (Å²) in [5.74, 6) is -0.579. The Kier molecular flexibility index (Phi) is 4.91. The van der Waals surface area contributed by atoms with E-state index < -0.39 is 0 Å². The fourth-order valence-corrected chi connectivity index (χ4v) is 3.82. The number of hydrogen-bond acceptors (Lipinski definition) is 4. The van der Waals surface area contributed by atoms with Gasteiger partial charge >= 0.3 is 0 Å². The van der Waals surface area contributed by atoms with Gasteiger partial charge in [-0.1, -0.05) is 12.1 Å². The minimum Gasteiger partial charge on any atom is -0.377 e. The van der Waals surface area contributed by atoms with Crippen LogP contribution in [0.2, 0.25) is 0 Å². The summed E-state index contributed by atoms with van der Waals surface area (Å²) >= 11 is 0. The van der Waals surface area contributed by atoms with Gasteiger partial charge in [-0.3, -0.25) is 4.79 Å². The fourth-order valence-electron chi connectivity index (χ4n) is 3.82. The zero-order chi connectivity index (χ0) is 20.5. The number of rotatable bonds is 3. The van der Waals surface area contributed by atoms with E-state index in [9.17, 15) is 9.18 Å². The Bertz CT molecular complexity index is 1110. The van der Waals surface area contributed by atoms with Crippen molar-refractivity contribution in [3.63, 3.8) is 0 Å². The summed E-state index contributed by atoms with van der Waals surface area (Å²) in [5, 5.41) is 13.5. The van der Waals surface area contributed by atoms with Crippen LogP contribution in [0.25, 0.3) is 5.69 Å². The summed E-state index contributed by atoms with van der Waals surface area (Å²) in [5.41, 5.74) is 3.35. The van der Waals surface area contributed by atoms with Gasteiger partial charge in [0.1, 0.15) is 29.0 Å². The van der Waals surface area contributed by atoms with Crippen LogP contribution in [0.4, 0.5) is 4.39 Å². The lowest BCUT2D eigenvalue weighted by Crippen LogP contribution is -2.44. The number of nitriles is 1. The Morgan fingerprint density at radius 3 is 2.83 bits per heavy atom. The number of aromatic amines is 1. The molecule has 0 spiro atoms. The maximum Gasteiger partial charge on any atom is 0.270 e. The molecule has 0 bridgehead atoms. The molecule has 2 aromatic heterocycles. The molecule has 8 heteroatoms. The van der Waals surface area contributed by atoms with Crippen molar-refractivity contribution in [3.8, 4) is 11.8 Å². The molecule has 4 rings (SSSR count). The standard InChI is InChI=1S/C21H20FN5O2/c1-13-20(14(2)27(25-13)18-6-4-3-5-16(18)22)19-12-29-10-9-26(19)21(28)17-8-7-15(11-23)24-17/h3-8,19,24H,9-10,12H2,1-2H3. The topological polar surface area (TPSA) is 86.9 Å². The largest absolute Gasteiger partial charge is 0.377 e. The molecular weight excluding hydrogens is 373 g/mol. The first kappa shape index (κ1) is 18.9. The van der Waals surface area contributed by atoms with Crippen LogP contribution in [0.5, 0.6) is 0 Å². The summed E-state index contributed by atoms with van der Waals surface area (Å²) < 4.78 is 21.5. The molecule has 1 amide bonds. The van der Waals surface area contributed by atoms with Crippen LogP contribution in [0.15, 0.2) is 36.4 Å². The van der Waals surface area contributed by atoms with Crippen LogP contribution in [0.3, 0.4) is 0 Å². The van der Waals surface area contributed by atoms with E-state index in [2.05, 4.69) is 10.1 Å². The fraction of sp³-hybridized carbons (Fsp3) is 0.286. The highest BCUT2D eigenvalue weighted by molar-refractivity contribution is 5.93. The summed E-state index contributed by atoms with van der Waals surface area (Å²) in [6.45, 7) is 4.87. The summed E-state index contributed by atoms with van der Waals surface area (Å²) in [6, 6.07) is 11.3. The van der Waals surface area contributed by atoms with Crippen molar-refractivity contribution in [2.75, 3.05) is 19.8 Å². The highest BCUT2D eigenvalue weighted by Crippen LogP contribution is 2.32. The number of amides is 1. The van der Waals surface area contributed by atoms with Crippen LogP contribution in [0.1, 0.15) is 39.2 Å². The van der Waals surface area contributed by atoms with Gasteiger partial charge in [0.2, 0.25) is 0 Å². The molecule has 1 N–H and O–H groups in total. The van der Waals surface area contributed by atoms with Gasteiger partial charge in [-0.15, -0.1) is 0 Å². The first-order valence-electron chi connectivity index (χ1n) is 9.30. The van der Waals surface area contributed by atoms with E-state index in [-0.39, 0.29) is 17.8 Å². The van der Waals surface area contributed by atoms with Crippen molar-refractivity contribution < 1.29 is 13.9 Å². The Labute approximate surface area is 167 Å². The van der Waals surface area contributed by atoms with Crippen molar-refractivity contribution >= 4 is 5.91 Å². The monoisotopic (exact) mass is 393 g/mol. The smallest absolute Gasteiger partial charge is 0.270 e. The SMILES string of the molecule is Cc1nn(-c2ccccc2F)c(C)c1C1COCCN1C(=O)c1ccc(C#N)[nH]1. The van der Waals surface area contributed by atoms with E-state index in [1.54, 1.807) is 39.9 Å². The molecule has 1 aliphatic rings. The lowest BCUT2D eigenvalue weighted by molar-refractivity contribution is -0.00331. The molecular formula is C21H20FN5O2. The molecule has 1 saturated heterocycles. The maximum atomic E-state index is 14.3. The number of para-hydroxylation sites is 1. The van der Waals surface area contributed by atoms with Gasteiger partial charge < -0.3 is 14.6 Å². The molecule has 1 atom stereocenters. The van der Waals surface area contributed by atoms with Crippen LogP contribution >= 0.6 is 0 Å². The first-order valence-corrected chi connectivity index (χ1v) is 9.30. The van der Waals surface area contributed by atoms with Crippen LogP contribution in [-0.4, -0.2) is 45.3 Å².